The first kappa shape index (κ1) is 9.09. The summed E-state index contributed by atoms with van der Waals surface area (Å²) in [5.74, 6) is 0.296. The molecule has 0 aliphatic carbocycles. The summed E-state index contributed by atoms with van der Waals surface area (Å²) < 4.78 is 25.7. The van der Waals surface area contributed by atoms with Gasteiger partial charge in [-0.2, -0.15) is 0 Å². The molecule has 1 heterocycles. The van der Waals surface area contributed by atoms with Crippen LogP contribution in [0.4, 0.5) is 8.78 Å². The maximum Gasteiger partial charge on any atom is 0.281 e. The highest BCUT2D eigenvalue weighted by Crippen LogP contribution is 2.17. The van der Waals surface area contributed by atoms with Crippen molar-refractivity contribution in [1.29, 1.82) is 0 Å². The number of nitrogens with zero attached hydrogens (tertiary/aromatic N) is 3. The van der Waals surface area contributed by atoms with Crippen LogP contribution in [-0.2, 0) is 6.54 Å². The first-order chi connectivity index (χ1) is 5.61. The van der Waals surface area contributed by atoms with Crippen LogP contribution in [0.15, 0.2) is 6.20 Å². The van der Waals surface area contributed by atoms with Crippen molar-refractivity contribution in [1.82, 2.24) is 15.0 Å². The van der Waals surface area contributed by atoms with Crippen molar-refractivity contribution in [3.05, 3.63) is 11.9 Å². The van der Waals surface area contributed by atoms with Crippen LogP contribution in [0, 0.1) is 5.92 Å². The Bertz CT molecular complexity index is 245. The van der Waals surface area contributed by atoms with E-state index in [-0.39, 0.29) is 5.69 Å². The summed E-state index contributed by atoms with van der Waals surface area (Å²) in [6.07, 6.45) is -1.38. The van der Waals surface area contributed by atoms with Gasteiger partial charge in [-0.15, -0.1) is 5.10 Å². The van der Waals surface area contributed by atoms with Crippen molar-refractivity contribution < 1.29 is 8.78 Å². The molecule has 0 atom stereocenters. The second-order valence-electron chi connectivity index (χ2n) is 3.04. The Balaban J connectivity index is 2.77. The fraction of sp³-hybridized carbons (Fsp3) is 0.714. The van der Waals surface area contributed by atoms with E-state index in [1.165, 1.54) is 4.68 Å². The largest absolute Gasteiger partial charge is 0.281 e. The van der Waals surface area contributed by atoms with Gasteiger partial charge in [0, 0.05) is 6.54 Å². The number of rotatable bonds is 3. The third-order valence-corrected chi connectivity index (χ3v) is 1.41. The summed E-state index contributed by atoms with van der Waals surface area (Å²) in [5, 5.41) is 6.99. The third kappa shape index (κ3) is 1.99. The Morgan fingerprint density at radius 2 is 2.17 bits per heavy atom. The molecule has 0 radical (unpaired) electrons. The van der Waals surface area contributed by atoms with Gasteiger partial charge < -0.3 is 0 Å². The number of alkyl halides is 2. The predicted molar refractivity (Wildman–Crippen MR) is 39.8 cm³/mol. The molecule has 0 aliphatic heterocycles. The van der Waals surface area contributed by atoms with Crippen molar-refractivity contribution in [2.24, 2.45) is 5.92 Å². The molecular formula is C7H11F2N3. The highest BCUT2D eigenvalue weighted by Gasteiger charge is 2.14. The van der Waals surface area contributed by atoms with Gasteiger partial charge in [0.05, 0.1) is 6.20 Å². The van der Waals surface area contributed by atoms with Crippen molar-refractivity contribution in [2.75, 3.05) is 0 Å². The van der Waals surface area contributed by atoms with E-state index in [1.54, 1.807) is 0 Å². The van der Waals surface area contributed by atoms with E-state index >= 15 is 0 Å². The van der Waals surface area contributed by atoms with Crippen LogP contribution in [0.25, 0.3) is 0 Å². The first-order valence-corrected chi connectivity index (χ1v) is 3.77. The quantitative estimate of drug-likeness (QED) is 0.702. The van der Waals surface area contributed by atoms with E-state index < -0.39 is 6.43 Å². The fourth-order valence-corrected chi connectivity index (χ4v) is 0.922. The van der Waals surface area contributed by atoms with E-state index in [2.05, 4.69) is 10.3 Å². The van der Waals surface area contributed by atoms with Crippen molar-refractivity contribution in [3.63, 3.8) is 0 Å². The van der Waals surface area contributed by atoms with Gasteiger partial charge in [-0.25, -0.2) is 13.5 Å². The molecule has 1 aromatic heterocycles. The van der Waals surface area contributed by atoms with Crippen LogP contribution >= 0.6 is 0 Å². The summed E-state index contributed by atoms with van der Waals surface area (Å²) in [6, 6.07) is 0. The first-order valence-electron chi connectivity index (χ1n) is 3.77. The van der Waals surface area contributed by atoms with E-state index in [0.29, 0.717) is 12.5 Å². The number of hydrogen-bond donors (Lipinski definition) is 0. The van der Waals surface area contributed by atoms with Crippen molar-refractivity contribution >= 4 is 0 Å². The van der Waals surface area contributed by atoms with Gasteiger partial charge in [-0.3, -0.25) is 0 Å². The standard InChI is InChI=1S/C7H11F2N3/c1-5(2)4-12-6(7(8)9)3-10-11-12/h3,5,7H,4H2,1-2H3. The Kier molecular flexibility index (Phi) is 2.73. The van der Waals surface area contributed by atoms with E-state index in [9.17, 15) is 8.78 Å². The molecule has 0 unspecified atom stereocenters. The van der Waals surface area contributed by atoms with Crippen LogP contribution in [-0.4, -0.2) is 15.0 Å². The summed E-state index contributed by atoms with van der Waals surface area (Å²) in [4.78, 5) is 0. The van der Waals surface area contributed by atoms with Crippen LogP contribution < -0.4 is 0 Å². The van der Waals surface area contributed by atoms with E-state index in [4.69, 9.17) is 0 Å². The number of hydrogen-bond acceptors (Lipinski definition) is 2. The van der Waals surface area contributed by atoms with Crippen LogP contribution in [0.2, 0.25) is 0 Å². The molecule has 0 saturated heterocycles. The Morgan fingerprint density at radius 3 is 2.67 bits per heavy atom. The van der Waals surface area contributed by atoms with E-state index in [1.807, 2.05) is 13.8 Å². The summed E-state index contributed by atoms with van der Waals surface area (Å²) >= 11 is 0. The maximum atomic E-state index is 12.2. The maximum absolute atomic E-state index is 12.2. The highest BCUT2D eigenvalue weighted by molar-refractivity contribution is 4.95. The fourth-order valence-electron chi connectivity index (χ4n) is 0.922. The monoisotopic (exact) mass is 175 g/mol. The van der Waals surface area contributed by atoms with Gasteiger partial charge >= 0.3 is 0 Å². The minimum Gasteiger partial charge on any atom is -0.243 e. The molecule has 0 saturated carbocycles. The van der Waals surface area contributed by atoms with E-state index in [0.717, 1.165) is 6.20 Å². The summed E-state index contributed by atoms with van der Waals surface area (Å²) in [5.41, 5.74) is -0.108. The van der Waals surface area contributed by atoms with Gasteiger partial charge in [0.15, 0.2) is 0 Å². The molecule has 1 aromatic rings. The molecule has 0 amide bonds. The van der Waals surface area contributed by atoms with Crippen molar-refractivity contribution in [3.8, 4) is 0 Å². The average Bonchev–Trinajstić information content (AvgIpc) is 2.33. The Labute approximate surface area is 69.4 Å². The Morgan fingerprint density at radius 1 is 1.50 bits per heavy atom. The summed E-state index contributed by atoms with van der Waals surface area (Å²) in [6.45, 7) is 4.37. The van der Waals surface area contributed by atoms with Crippen LogP contribution in [0.1, 0.15) is 26.0 Å². The lowest BCUT2D eigenvalue weighted by atomic mass is 10.2. The average molecular weight is 175 g/mol. The molecule has 0 spiro atoms. The molecule has 1 rings (SSSR count). The van der Waals surface area contributed by atoms with Gasteiger partial charge in [0.2, 0.25) is 0 Å². The lowest BCUT2D eigenvalue weighted by Gasteiger charge is -2.06. The molecular weight excluding hydrogens is 164 g/mol. The number of aromatic nitrogens is 3. The molecule has 0 aliphatic rings. The normalized spacial score (nSPS) is 11.5. The zero-order chi connectivity index (χ0) is 9.14. The van der Waals surface area contributed by atoms with Gasteiger partial charge in [0.1, 0.15) is 5.69 Å². The lowest BCUT2D eigenvalue weighted by Crippen LogP contribution is -2.10. The number of halogens is 2. The SMILES string of the molecule is CC(C)Cn1nncc1C(F)F. The Hall–Kier alpha value is -1.00. The molecule has 0 bridgehead atoms. The molecule has 0 fully saturated rings. The van der Waals surface area contributed by atoms with Gasteiger partial charge in [0.25, 0.3) is 6.43 Å². The smallest absolute Gasteiger partial charge is 0.243 e. The van der Waals surface area contributed by atoms with Crippen LogP contribution in [0.3, 0.4) is 0 Å². The second kappa shape index (κ2) is 3.60. The van der Waals surface area contributed by atoms with Gasteiger partial charge in [-0.1, -0.05) is 19.1 Å². The minimum absolute atomic E-state index is 0.108. The molecule has 5 heteroatoms. The third-order valence-electron chi connectivity index (χ3n) is 1.41. The topological polar surface area (TPSA) is 30.7 Å². The van der Waals surface area contributed by atoms with Crippen molar-refractivity contribution in [2.45, 2.75) is 26.8 Å². The molecule has 0 aromatic carbocycles. The van der Waals surface area contributed by atoms with Crippen LogP contribution in [0.5, 0.6) is 0 Å². The second-order valence-corrected chi connectivity index (χ2v) is 3.04. The van der Waals surface area contributed by atoms with Gasteiger partial charge in [-0.05, 0) is 5.92 Å². The zero-order valence-electron chi connectivity index (χ0n) is 7.04. The highest BCUT2D eigenvalue weighted by atomic mass is 19.3. The summed E-state index contributed by atoms with van der Waals surface area (Å²) in [7, 11) is 0. The lowest BCUT2D eigenvalue weighted by molar-refractivity contribution is 0.137. The predicted octanol–water partition coefficient (Wildman–Crippen LogP) is 1.87. The molecule has 68 valence electrons. The molecule has 12 heavy (non-hydrogen) atoms. The molecule has 0 N–H and O–H groups in total. The molecule has 3 nitrogen and oxygen atoms in total. The zero-order valence-corrected chi connectivity index (χ0v) is 7.04. The minimum atomic E-state index is -2.49.